The summed E-state index contributed by atoms with van der Waals surface area (Å²) in [6.45, 7) is 5.54. The van der Waals surface area contributed by atoms with Crippen LogP contribution in [0.1, 0.15) is 36.6 Å². The molecule has 0 aromatic heterocycles. The van der Waals surface area contributed by atoms with Gasteiger partial charge in [-0.2, -0.15) is 5.26 Å². The van der Waals surface area contributed by atoms with Crippen molar-refractivity contribution in [2.45, 2.75) is 26.4 Å². The molecule has 0 heterocycles. The zero-order chi connectivity index (χ0) is 15.1. The molecule has 3 heteroatoms. The van der Waals surface area contributed by atoms with Crippen molar-refractivity contribution in [3.63, 3.8) is 0 Å². The fourth-order valence-corrected chi connectivity index (χ4v) is 2.20. The number of benzene rings is 2. The van der Waals surface area contributed by atoms with Crippen molar-refractivity contribution >= 4 is 0 Å². The second kappa shape index (κ2) is 7.47. The smallest absolute Gasteiger partial charge is 0.124 e. The van der Waals surface area contributed by atoms with Crippen LogP contribution in [0.2, 0.25) is 0 Å². The normalized spacial score (nSPS) is 11.7. The maximum absolute atomic E-state index is 8.80. The van der Waals surface area contributed by atoms with Gasteiger partial charge in [-0.1, -0.05) is 30.3 Å². The summed E-state index contributed by atoms with van der Waals surface area (Å²) in [6.07, 6.45) is 0. The van der Waals surface area contributed by atoms with Crippen LogP contribution in [0, 0.1) is 11.3 Å². The largest absolute Gasteiger partial charge is 0.494 e. The van der Waals surface area contributed by atoms with Crippen LogP contribution in [0.3, 0.4) is 0 Å². The first kappa shape index (κ1) is 15.1. The summed E-state index contributed by atoms with van der Waals surface area (Å²) in [5.41, 5.74) is 3.01. The van der Waals surface area contributed by atoms with Gasteiger partial charge >= 0.3 is 0 Å². The molecule has 0 saturated carbocycles. The van der Waals surface area contributed by atoms with Crippen molar-refractivity contribution in [1.29, 1.82) is 5.26 Å². The predicted molar refractivity (Wildman–Crippen MR) is 84.0 cm³/mol. The molecule has 0 fully saturated rings. The highest BCUT2D eigenvalue weighted by Crippen LogP contribution is 2.25. The van der Waals surface area contributed by atoms with E-state index in [0.717, 1.165) is 23.4 Å². The summed E-state index contributed by atoms with van der Waals surface area (Å²) in [7, 11) is 0. The van der Waals surface area contributed by atoms with Crippen molar-refractivity contribution < 1.29 is 4.74 Å². The SMILES string of the molecule is CCOc1ccccc1C(C)NCc1ccc(C#N)cc1. The van der Waals surface area contributed by atoms with Crippen molar-refractivity contribution in [3.05, 3.63) is 65.2 Å². The quantitative estimate of drug-likeness (QED) is 0.875. The highest BCUT2D eigenvalue weighted by Gasteiger charge is 2.10. The van der Waals surface area contributed by atoms with E-state index in [2.05, 4.69) is 24.4 Å². The van der Waals surface area contributed by atoms with E-state index in [1.807, 2.05) is 49.4 Å². The molecular weight excluding hydrogens is 260 g/mol. The maximum atomic E-state index is 8.80. The number of hydrogen-bond acceptors (Lipinski definition) is 3. The maximum Gasteiger partial charge on any atom is 0.124 e. The number of hydrogen-bond donors (Lipinski definition) is 1. The van der Waals surface area contributed by atoms with Crippen LogP contribution in [0.15, 0.2) is 48.5 Å². The van der Waals surface area contributed by atoms with Gasteiger partial charge in [0, 0.05) is 18.2 Å². The minimum Gasteiger partial charge on any atom is -0.494 e. The first-order chi connectivity index (χ1) is 10.2. The Hall–Kier alpha value is -2.31. The molecule has 0 radical (unpaired) electrons. The van der Waals surface area contributed by atoms with Gasteiger partial charge in [0.25, 0.3) is 0 Å². The van der Waals surface area contributed by atoms with Crippen LogP contribution in [-0.4, -0.2) is 6.61 Å². The van der Waals surface area contributed by atoms with Crippen LogP contribution in [0.5, 0.6) is 5.75 Å². The zero-order valence-corrected chi connectivity index (χ0v) is 12.5. The molecular formula is C18H20N2O. The third-order valence-electron chi connectivity index (χ3n) is 3.38. The molecule has 2 rings (SSSR count). The van der Waals surface area contributed by atoms with Gasteiger partial charge in [0.15, 0.2) is 0 Å². The van der Waals surface area contributed by atoms with E-state index in [9.17, 15) is 0 Å². The van der Waals surface area contributed by atoms with E-state index in [-0.39, 0.29) is 6.04 Å². The molecule has 108 valence electrons. The average molecular weight is 280 g/mol. The highest BCUT2D eigenvalue weighted by molar-refractivity contribution is 5.36. The van der Waals surface area contributed by atoms with E-state index in [1.165, 1.54) is 0 Å². The number of nitrogens with one attached hydrogen (secondary N) is 1. The molecule has 0 aliphatic heterocycles. The van der Waals surface area contributed by atoms with Crippen LogP contribution >= 0.6 is 0 Å². The fraction of sp³-hybridized carbons (Fsp3) is 0.278. The lowest BCUT2D eigenvalue weighted by molar-refractivity contribution is 0.332. The molecule has 0 aliphatic rings. The highest BCUT2D eigenvalue weighted by atomic mass is 16.5. The van der Waals surface area contributed by atoms with Crippen molar-refractivity contribution in [2.75, 3.05) is 6.61 Å². The van der Waals surface area contributed by atoms with Crippen LogP contribution in [0.4, 0.5) is 0 Å². The number of nitrogens with zero attached hydrogens (tertiary/aromatic N) is 1. The Balaban J connectivity index is 2.01. The van der Waals surface area contributed by atoms with Gasteiger partial charge in [0.2, 0.25) is 0 Å². The Morgan fingerprint density at radius 1 is 1.14 bits per heavy atom. The van der Waals surface area contributed by atoms with Gasteiger partial charge in [-0.15, -0.1) is 0 Å². The van der Waals surface area contributed by atoms with Gasteiger partial charge < -0.3 is 10.1 Å². The van der Waals surface area contributed by atoms with Gasteiger partial charge in [0.1, 0.15) is 5.75 Å². The van der Waals surface area contributed by atoms with Crippen molar-refractivity contribution in [3.8, 4) is 11.8 Å². The van der Waals surface area contributed by atoms with Crippen LogP contribution in [0.25, 0.3) is 0 Å². The Labute approximate surface area is 126 Å². The summed E-state index contributed by atoms with van der Waals surface area (Å²) in [5, 5.41) is 12.3. The minimum atomic E-state index is 0.198. The molecule has 0 saturated heterocycles. The summed E-state index contributed by atoms with van der Waals surface area (Å²) < 4.78 is 5.66. The molecule has 0 spiro atoms. The van der Waals surface area contributed by atoms with Crippen LogP contribution < -0.4 is 10.1 Å². The lowest BCUT2D eigenvalue weighted by Crippen LogP contribution is -2.18. The van der Waals surface area contributed by atoms with E-state index in [0.29, 0.717) is 12.2 Å². The molecule has 1 unspecified atom stereocenters. The number of rotatable bonds is 6. The van der Waals surface area contributed by atoms with Crippen LogP contribution in [-0.2, 0) is 6.54 Å². The standard InChI is InChI=1S/C18H20N2O/c1-3-21-18-7-5-4-6-17(18)14(2)20-13-16-10-8-15(12-19)9-11-16/h4-11,14,20H,3,13H2,1-2H3. The molecule has 2 aromatic carbocycles. The molecule has 0 aliphatic carbocycles. The number of ether oxygens (including phenoxy) is 1. The van der Waals surface area contributed by atoms with E-state index in [4.69, 9.17) is 10.00 Å². The van der Waals surface area contributed by atoms with Crippen molar-refractivity contribution in [1.82, 2.24) is 5.32 Å². The third-order valence-corrected chi connectivity index (χ3v) is 3.38. The number of para-hydroxylation sites is 1. The summed E-state index contributed by atoms with van der Waals surface area (Å²) in [5.74, 6) is 0.930. The Kier molecular flexibility index (Phi) is 5.36. The second-order valence-electron chi connectivity index (χ2n) is 4.88. The third kappa shape index (κ3) is 4.08. The summed E-state index contributed by atoms with van der Waals surface area (Å²) in [4.78, 5) is 0. The van der Waals surface area contributed by atoms with E-state index < -0.39 is 0 Å². The van der Waals surface area contributed by atoms with Gasteiger partial charge in [-0.25, -0.2) is 0 Å². The lowest BCUT2D eigenvalue weighted by Gasteiger charge is -2.18. The lowest BCUT2D eigenvalue weighted by atomic mass is 10.1. The van der Waals surface area contributed by atoms with Crippen molar-refractivity contribution in [2.24, 2.45) is 0 Å². The summed E-state index contributed by atoms with van der Waals surface area (Å²) >= 11 is 0. The molecule has 3 nitrogen and oxygen atoms in total. The Morgan fingerprint density at radius 2 is 1.86 bits per heavy atom. The molecule has 0 amide bonds. The molecule has 2 aromatic rings. The number of nitriles is 1. The first-order valence-electron chi connectivity index (χ1n) is 7.18. The monoisotopic (exact) mass is 280 g/mol. The Bertz CT molecular complexity index is 614. The van der Waals surface area contributed by atoms with Gasteiger partial charge in [-0.3, -0.25) is 0 Å². The van der Waals surface area contributed by atoms with Gasteiger partial charge in [-0.05, 0) is 37.6 Å². The van der Waals surface area contributed by atoms with E-state index >= 15 is 0 Å². The first-order valence-corrected chi connectivity index (χ1v) is 7.18. The molecule has 1 N–H and O–H groups in total. The zero-order valence-electron chi connectivity index (χ0n) is 12.5. The fourth-order valence-electron chi connectivity index (χ4n) is 2.20. The topological polar surface area (TPSA) is 45.0 Å². The predicted octanol–water partition coefficient (Wildman–Crippen LogP) is 3.81. The minimum absolute atomic E-state index is 0.198. The molecule has 1 atom stereocenters. The molecule has 21 heavy (non-hydrogen) atoms. The van der Waals surface area contributed by atoms with E-state index in [1.54, 1.807) is 0 Å². The van der Waals surface area contributed by atoms with Gasteiger partial charge in [0.05, 0.1) is 18.2 Å². The summed E-state index contributed by atoms with van der Waals surface area (Å²) in [6, 6.07) is 18.1. The Morgan fingerprint density at radius 3 is 2.52 bits per heavy atom. The average Bonchev–Trinajstić information content (AvgIpc) is 2.54. The molecule has 0 bridgehead atoms. The second-order valence-corrected chi connectivity index (χ2v) is 4.88.